The van der Waals surface area contributed by atoms with E-state index >= 15 is 0 Å². The van der Waals surface area contributed by atoms with Gasteiger partial charge in [0, 0.05) is 29.7 Å². The normalized spacial score (nSPS) is 11.2. The molecule has 6 heteroatoms. The number of aromatic nitrogens is 1. The minimum absolute atomic E-state index is 0.225. The van der Waals surface area contributed by atoms with Gasteiger partial charge in [0.15, 0.2) is 0 Å². The molecule has 0 fully saturated rings. The van der Waals surface area contributed by atoms with E-state index in [1.54, 1.807) is 6.07 Å². The molecule has 0 saturated heterocycles. The smallest absolute Gasteiger partial charge is 0.407 e. The summed E-state index contributed by atoms with van der Waals surface area (Å²) < 4.78 is 7.30. The van der Waals surface area contributed by atoms with Crippen LogP contribution in [0.2, 0.25) is 0 Å². The second kappa shape index (κ2) is 9.62. The average Bonchev–Trinajstić information content (AvgIpc) is 2.91. The first-order chi connectivity index (χ1) is 13.0. The first kappa shape index (κ1) is 23.5. The Labute approximate surface area is 167 Å². The molecule has 1 amide bonds. The van der Waals surface area contributed by atoms with Gasteiger partial charge in [0.25, 0.3) is 0 Å². The van der Waals surface area contributed by atoms with Crippen molar-refractivity contribution in [3.8, 4) is 0 Å². The lowest BCUT2D eigenvalue weighted by molar-refractivity contribution is 0.0527. The molecular weight excluding hydrogens is 356 g/mol. The van der Waals surface area contributed by atoms with Gasteiger partial charge < -0.3 is 19.7 Å². The van der Waals surface area contributed by atoms with E-state index in [4.69, 9.17) is 4.74 Å². The highest BCUT2D eigenvalue weighted by Gasteiger charge is 2.18. The van der Waals surface area contributed by atoms with Gasteiger partial charge in [0.05, 0.1) is 5.56 Å². The van der Waals surface area contributed by atoms with E-state index in [0.717, 1.165) is 22.0 Å². The Morgan fingerprint density at radius 1 is 1.21 bits per heavy atom. The summed E-state index contributed by atoms with van der Waals surface area (Å²) in [4.78, 5) is 23.5. The highest BCUT2D eigenvalue weighted by molar-refractivity contribution is 6.05. The molecule has 0 aliphatic carbocycles. The van der Waals surface area contributed by atoms with Crippen LogP contribution in [0.25, 0.3) is 10.9 Å². The summed E-state index contributed by atoms with van der Waals surface area (Å²) >= 11 is 0. The number of carboxylic acid groups (broad SMARTS) is 1. The van der Waals surface area contributed by atoms with Gasteiger partial charge in [0.2, 0.25) is 0 Å². The third-order valence-electron chi connectivity index (χ3n) is 4.05. The molecule has 6 nitrogen and oxygen atoms in total. The van der Waals surface area contributed by atoms with Gasteiger partial charge in [0.1, 0.15) is 5.60 Å². The quantitative estimate of drug-likeness (QED) is 0.724. The summed E-state index contributed by atoms with van der Waals surface area (Å²) in [6, 6.07) is 3.92. The van der Waals surface area contributed by atoms with E-state index in [9.17, 15) is 14.7 Å². The average molecular weight is 391 g/mol. The lowest BCUT2D eigenvalue weighted by Gasteiger charge is -2.19. The van der Waals surface area contributed by atoms with Gasteiger partial charge in [-0.3, -0.25) is 0 Å². The molecule has 0 bridgehead atoms. The van der Waals surface area contributed by atoms with Crippen LogP contribution in [0, 0.1) is 6.92 Å². The molecule has 0 saturated carbocycles. The molecule has 2 N–H and O–H groups in total. The molecule has 0 aliphatic heterocycles. The third kappa shape index (κ3) is 6.01. The summed E-state index contributed by atoms with van der Waals surface area (Å²) in [5, 5.41) is 13.1. The highest BCUT2D eigenvalue weighted by atomic mass is 16.6. The van der Waals surface area contributed by atoms with Crippen LogP contribution >= 0.6 is 0 Å². The van der Waals surface area contributed by atoms with Crippen molar-refractivity contribution in [3.63, 3.8) is 0 Å². The fraction of sp³-hybridized carbons (Fsp3) is 0.545. The van der Waals surface area contributed by atoms with Crippen LogP contribution in [0.5, 0.6) is 0 Å². The predicted molar refractivity (Wildman–Crippen MR) is 113 cm³/mol. The lowest BCUT2D eigenvalue weighted by atomic mass is 10.0. The third-order valence-corrected chi connectivity index (χ3v) is 4.05. The largest absolute Gasteiger partial charge is 0.478 e. The maximum absolute atomic E-state index is 11.8. The molecule has 28 heavy (non-hydrogen) atoms. The molecule has 1 heterocycles. The van der Waals surface area contributed by atoms with Gasteiger partial charge in [-0.25, -0.2) is 9.59 Å². The highest BCUT2D eigenvalue weighted by Crippen LogP contribution is 2.29. The monoisotopic (exact) mass is 390 g/mol. The molecule has 0 aliphatic rings. The van der Waals surface area contributed by atoms with Crippen LogP contribution in [0.3, 0.4) is 0 Å². The number of hydrogen-bond acceptors (Lipinski definition) is 3. The Morgan fingerprint density at radius 3 is 2.32 bits per heavy atom. The van der Waals surface area contributed by atoms with E-state index in [0.29, 0.717) is 18.5 Å². The zero-order valence-corrected chi connectivity index (χ0v) is 18.3. The zero-order chi connectivity index (χ0) is 21.6. The summed E-state index contributed by atoms with van der Waals surface area (Å²) in [7, 11) is 0. The molecule has 0 radical (unpaired) electrons. The minimum Gasteiger partial charge on any atom is -0.478 e. The number of rotatable bonds is 5. The van der Waals surface area contributed by atoms with Crippen molar-refractivity contribution in [1.29, 1.82) is 0 Å². The summed E-state index contributed by atoms with van der Waals surface area (Å²) in [5.41, 5.74) is 2.47. The maximum Gasteiger partial charge on any atom is 0.407 e. The topological polar surface area (TPSA) is 80.6 Å². The van der Waals surface area contributed by atoms with Crippen molar-refractivity contribution in [2.75, 3.05) is 6.54 Å². The van der Waals surface area contributed by atoms with Crippen molar-refractivity contribution in [2.45, 2.75) is 73.5 Å². The number of alkyl carbamates (subject to hydrolysis) is 1. The second-order valence-electron chi connectivity index (χ2n) is 7.83. The standard InChI is InChI=1S/C20H28N2O4.C2H6/c1-12(2)22-11-13(3)17-15(18(23)24)9-14(10-16(17)22)7-8-21-19(25)26-20(4,5)6;1-2/h9-12H,7-8H2,1-6H3,(H,21,25)(H,23,24);1-2H3. The molecule has 0 atom stereocenters. The number of amides is 1. The molecule has 0 spiro atoms. The number of nitrogens with zero attached hydrogens (tertiary/aromatic N) is 1. The van der Waals surface area contributed by atoms with Crippen LogP contribution in [0.4, 0.5) is 4.79 Å². The fourth-order valence-electron chi connectivity index (χ4n) is 3.01. The van der Waals surface area contributed by atoms with Crippen molar-refractivity contribution < 1.29 is 19.4 Å². The van der Waals surface area contributed by atoms with Gasteiger partial charge in [-0.2, -0.15) is 0 Å². The molecular formula is C22H34N2O4. The summed E-state index contributed by atoms with van der Waals surface area (Å²) in [6.07, 6.45) is 2.04. The van der Waals surface area contributed by atoms with Crippen LogP contribution in [0.15, 0.2) is 18.3 Å². The van der Waals surface area contributed by atoms with Crippen LogP contribution < -0.4 is 5.32 Å². The first-order valence-corrected chi connectivity index (χ1v) is 9.84. The van der Waals surface area contributed by atoms with Crippen LogP contribution in [-0.4, -0.2) is 33.9 Å². The zero-order valence-electron chi connectivity index (χ0n) is 18.3. The van der Waals surface area contributed by atoms with Crippen molar-refractivity contribution in [1.82, 2.24) is 9.88 Å². The molecule has 1 aromatic carbocycles. The van der Waals surface area contributed by atoms with Gasteiger partial charge >= 0.3 is 12.1 Å². The Bertz CT molecular complexity index is 829. The van der Waals surface area contributed by atoms with Gasteiger partial charge in [-0.15, -0.1) is 0 Å². The Hall–Kier alpha value is -2.50. The molecule has 156 valence electrons. The molecule has 1 aromatic heterocycles. The number of hydrogen-bond donors (Lipinski definition) is 2. The van der Waals surface area contributed by atoms with E-state index in [1.807, 2.05) is 53.8 Å². The van der Waals surface area contributed by atoms with E-state index < -0.39 is 17.7 Å². The Kier molecular flexibility index (Phi) is 8.09. The lowest BCUT2D eigenvalue weighted by Crippen LogP contribution is -2.33. The number of ether oxygens (including phenoxy) is 1. The van der Waals surface area contributed by atoms with Gasteiger partial charge in [-0.1, -0.05) is 13.8 Å². The minimum atomic E-state index is -0.943. The van der Waals surface area contributed by atoms with Crippen molar-refractivity contribution in [2.24, 2.45) is 0 Å². The number of aromatic carboxylic acids is 1. The Morgan fingerprint density at radius 2 is 1.82 bits per heavy atom. The number of carbonyl (C=O) groups excluding carboxylic acids is 1. The second-order valence-corrected chi connectivity index (χ2v) is 7.83. The number of carboxylic acids is 1. The van der Waals surface area contributed by atoms with Crippen LogP contribution in [0.1, 0.15) is 76.0 Å². The maximum atomic E-state index is 11.8. The number of benzene rings is 1. The molecule has 2 aromatic rings. The summed E-state index contributed by atoms with van der Waals surface area (Å²) in [5.74, 6) is -0.943. The first-order valence-electron chi connectivity index (χ1n) is 9.84. The number of carbonyl (C=O) groups is 2. The van der Waals surface area contributed by atoms with Gasteiger partial charge in [-0.05, 0) is 71.2 Å². The van der Waals surface area contributed by atoms with Crippen LogP contribution in [-0.2, 0) is 11.2 Å². The van der Waals surface area contributed by atoms with Crippen molar-refractivity contribution >= 4 is 23.0 Å². The van der Waals surface area contributed by atoms with E-state index in [1.165, 1.54) is 0 Å². The SMILES string of the molecule is CC.Cc1cn(C(C)C)c2cc(CCNC(=O)OC(C)(C)C)cc(C(=O)O)c12. The van der Waals surface area contributed by atoms with E-state index in [-0.39, 0.29) is 6.04 Å². The number of aryl methyl sites for hydroxylation is 1. The molecule has 0 unspecified atom stereocenters. The Balaban J connectivity index is 0.00000190. The number of fused-ring (bicyclic) bond motifs is 1. The van der Waals surface area contributed by atoms with E-state index in [2.05, 4.69) is 23.7 Å². The predicted octanol–water partition coefficient (Wildman–Crippen LogP) is 5.32. The molecule has 2 rings (SSSR count). The summed E-state index contributed by atoms with van der Waals surface area (Å²) in [6.45, 7) is 15.9. The van der Waals surface area contributed by atoms with Crippen molar-refractivity contribution in [3.05, 3.63) is 35.0 Å². The fourth-order valence-corrected chi connectivity index (χ4v) is 3.01. The number of nitrogens with one attached hydrogen (secondary N) is 1.